The van der Waals surface area contributed by atoms with Gasteiger partial charge in [0.1, 0.15) is 5.82 Å². The van der Waals surface area contributed by atoms with Crippen molar-refractivity contribution in [1.29, 1.82) is 0 Å². The first kappa shape index (κ1) is 23.8. The molecule has 7 rings (SSSR count). The number of nitrogens with zero attached hydrogens (tertiary/aromatic N) is 4. The highest BCUT2D eigenvalue weighted by Crippen LogP contribution is 2.46. The highest BCUT2D eigenvalue weighted by Gasteiger charge is 2.44. The fraction of sp³-hybridized carbons (Fsp3) is 0.533. The maximum absolute atomic E-state index is 11.7. The molecule has 2 atom stereocenters. The van der Waals surface area contributed by atoms with Crippen LogP contribution in [0.3, 0.4) is 0 Å². The summed E-state index contributed by atoms with van der Waals surface area (Å²) in [5.41, 5.74) is 3.56. The molecule has 2 bridgehead atoms. The second-order valence-corrected chi connectivity index (χ2v) is 11.6. The molecule has 3 aromatic rings. The fourth-order valence-corrected chi connectivity index (χ4v) is 7.83. The smallest absolute Gasteiger partial charge is 0.407 e. The molecular formula is C30H36N4O4. The molecule has 2 unspecified atom stereocenters. The van der Waals surface area contributed by atoms with Crippen molar-refractivity contribution in [2.24, 2.45) is 0 Å². The Labute approximate surface area is 223 Å². The van der Waals surface area contributed by atoms with Crippen molar-refractivity contribution in [3.8, 4) is 11.5 Å². The number of aromatic nitrogens is 2. The van der Waals surface area contributed by atoms with Gasteiger partial charge in [-0.15, -0.1) is 0 Å². The third-order valence-electron chi connectivity index (χ3n) is 9.82. The first-order chi connectivity index (χ1) is 18.5. The Morgan fingerprint density at radius 2 is 1.76 bits per heavy atom. The van der Waals surface area contributed by atoms with Crippen LogP contribution in [0, 0.1) is 6.92 Å². The van der Waals surface area contributed by atoms with Gasteiger partial charge in [-0.2, -0.15) is 0 Å². The van der Waals surface area contributed by atoms with Gasteiger partial charge in [0, 0.05) is 36.6 Å². The third kappa shape index (κ3) is 3.92. The zero-order valence-corrected chi connectivity index (χ0v) is 22.0. The Hall–Kier alpha value is -3.26. The van der Waals surface area contributed by atoms with Crippen LogP contribution in [-0.4, -0.2) is 69.1 Å². The summed E-state index contributed by atoms with van der Waals surface area (Å²) < 4.78 is 13.8. The number of rotatable bonds is 5. The predicted octanol–water partition coefficient (Wildman–Crippen LogP) is 5.34. The first-order valence-electron chi connectivity index (χ1n) is 14.1. The van der Waals surface area contributed by atoms with Crippen LogP contribution in [0.1, 0.15) is 62.4 Å². The summed E-state index contributed by atoms with van der Waals surface area (Å²) in [6.07, 6.45) is 6.75. The molecule has 38 heavy (non-hydrogen) atoms. The van der Waals surface area contributed by atoms with E-state index >= 15 is 0 Å². The highest BCUT2D eigenvalue weighted by molar-refractivity contribution is 5.76. The van der Waals surface area contributed by atoms with Crippen molar-refractivity contribution in [3.05, 3.63) is 53.9 Å². The molecule has 4 aliphatic rings. The van der Waals surface area contributed by atoms with Crippen LogP contribution < -0.4 is 9.47 Å². The van der Waals surface area contributed by atoms with E-state index in [2.05, 4.69) is 52.8 Å². The van der Waals surface area contributed by atoms with Gasteiger partial charge in [0.25, 0.3) is 0 Å². The summed E-state index contributed by atoms with van der Waals surface area (Å²) in [4.78, 5) is 20.9. The van der Waals surface area contributed by atoms with Crippen molar-refractivity contribution < 1.29 is 19.4 Å². The maximum Gasteiger partial charge on any atom is 0.407 e. The fourth-order valence-electron chi connectivity index (χ4n) is 7.83. The van der Waals surface area contributed by atoms with Crippen molar-refractivity contribution in [2.75, 3.05) is 26.4 Å². The number of piperidine rings is 2. The Morgan fingerprint density at radius 1 is 1.03 bits per heavy atom. The predicted molar refractivity (Wildman–Crippen MR) is 144 cm³/mol. The Balaban J connectivity index is 1.11. The standard InChI is InChI=1S/C30H36N4O4/c1-20-31-25-4-2-3-5-26(25)34(20)24-17-22-7-8-23(18-24)33(22)15-12-30(10-13-32(14-11-30)29(35)36)21-6-9-27-28(16-21)38-19-37-27/h2-6,9,16,22-24H,7-8,10-15,17-19H2,1H3,(H,35,36). The van der Waals surface area contributed by atoms with Gasteiger partial charge < -0.3 is 24.0 Å². The van der Waals surface area contributed by atoms with Gasteiger partial charge in [0.05, 0.1) is 11.0 Å². The average molecular weight is 517 g/mol. The number of hydrogen-bond acceptors (Lipinski definition) is 5. The number of likely N-dealkylation sites (tertiary alicyclic amines) is 1. The second-order valence-electron chi connectivity index (χ2n) is 11.6. The molecule has 200 valence electrons. The van der Waals surface area contributed by atoms with E-state index in [-0.39, 0.29) is 12.2 Å². The van der Waals surface area contributed by atoms with E-state index < -0.39 is 6.09 Å². The van der Waals surface area contributed by atoms with Gasteiger partial charge in [0.15, 0.2) is 11.5 Å². The van der Waals surface area contributed by atoms with Crippen LogP contribution in [0.4, 0.5) is 4.79 Å². The molecule has 5 heterocycles. The van der Waals surface area contributed by atoms with Gasteiger partial charge in [-0.25, -0.2) is 9.78 Å². The Kier molecular flexibility index (Phi) is 5.76. The number of imidazole rings is 1. The van der Waals surface area contributed by atoms with Crippen LogP contribution in [0.5, 0.6) is 11.5 Å². The van der Waals surface area contributed by atoms with Crippen LogP contribution in [0.15, 0.2) is 42.5 Å². The Morgan fingerprint density at radius 3 is 2.53 bits per heavy atom. The van der Waals surface area contributed by atoms with E-state index in [1.165, 1.54) is 36.8 Å². The summed E-state index contributed by atoms with van der Waals surface area (Å²) in [5.74, 6) is 2.73. The third-order valence-corrected chi connectivity index (χ3v) is 9.82. The lowest BCUT2D eigenvalue weighted by atomic mass is 9.70. The van der Waals surface area contributed by atoms with Crippen molar-refractivity contribution in [3.63, 3.8) is 0 Å². The number of para-hydroxylation sites is 2. The Bertz CT molecular complexity index is 1350. The highest BCUT2D eigenvalue weighted by atomic mass is 16.7. The number of aryl methyl sites for hydroxylation is 1. The van der Waals surface area contributed by atoms with Gasteiger partial charge in [-0.05, 0) is 88.2 Å². The van der Waals surface area contributed by atoms with Gasteiger partial charge >= 0.3 is 6.09 Å². The molecule has 1 N–H and O–H groups in total. The van der Waals surface area contributed by atoms with Crippen molar-refractivity contribution in [1.82, 2.24) is 19.4 Å². The zero-order valence-electron chi connectivity index (χ0n) is 22.0. The number of carboxylic acid groups (broad SMARTS) is 1. The summed E-state index contributed by atoms with van der Waals surface area (Å²) >= 11 is 0. The minimum Gasteiger partial charge on any atom is -0.465 e. The minimum absolute atomic E-state index is 0.0552. The molecule has 1 amide bonds. The van der Waals surface area contributed by atoms with Crippen molar-refractivity contribution in [2.45, 2.75) is 75.4 Å². The van der Waals surface area contributed by atoms with Crippen LogP contribution in [0.25, 0.3) is 11.0 Å². The van der Waals surface area contributed by atoms with Gasteiger partial charge in [0.2, 0.25) is 6.79 Å². The molecular weight excluding hydrogens is 480 g/mol. The molecule has 8 heteroatoms. The van der Waals surface area contributed by atoms with Gasteiger partial charge in [-0.3, -0.25) is 4.90 Å². The zero-order chi connectivity index (χ0) is 25.9. The molecule has 0 radical (unpaired) electrons. The van der Waals surface area contributed by atoms with E-state index in [0.717, 1.165) is 48.6 Å². The minimum atomic E-state index is -0.813. The van der Waals surface area contributed by atoms with Crippen LogP contribution >= 0.6 is 0 Å². The second kappa shape index (κ2) is 9.19. The molecule has 1 aromatic heterocycles. The maximum atomic E-state index is 11.7. The lowest BCUT2D eigenvalue weighted by Crippen LogP contribution is -2.48. The van der Waals surface area contributed by atoms with Crippen molar-refractivity contribution >= 4 is 17.1 Å². The molecule has 0 saturated carbocycles. The summed E-state index contributed by atoms with van der Waals surface area (Å²) in [7, 11) is 0. The largest absolute Gasteiger partial charge is 0.465 e. The van der Waals surface area contributed by atoms with E-state index in [1.807, 2.05) is 6.07 Å². The molecule has 2 aromatic carbocycles. The summed E-state index contributed by atoms with van der Waals surface area (Å²) in [6, 6.07) is 16.5. The number of carbonyl (C=O) groups is 1. The monoisotopic (exact) mass is 516 g/mol. The topological polar surface area (TPSA) is 80.1 Å². The number of ether oxygens (including phenoxy) is 2. The SMILES string of the molecule is Cc1nc2ccccc2n1C1CC2CCC(C1)N2CCC1(c2ccc3c(c2)OCO3)CCN(C(=O)O)CC1. The van der Waals surface area contributed by atoms with E-state index in [9.17, 15) is 9.90 Å². The van der Waals surface area contributed by atoms with E-state index in [4.69, 9.17) is 14.5 Å². The van der Waals surface area contributed by atoms with Crippen LogP contribution in [0.2, 0.25) is 0 Å². The molecule has 4 aliphatic heterocycles. The molecule has 0 spiro atoms. The molecule has 8 nitrogen and oxygen atoms in total. The number of fused-ring (bicyclic) bond motifs is 4. The molecule has 3 saturated heterocycles. The molecule has 3 fully saturated rings. The first-order valence-corrected chi connectivity index (χ1v) is 14.1. The van der Waals surface area contributed by atoms with E-state index in [0.29, 0.717) is 31.2 Å². The number of amides is 1. The van der Waals surface area contributed by atoms with Crippen LogP contribution in [-0.2, 0) is 5.41 Å². The van der Waals surface area contributed by atoms with Gasteiger partial charge in [-0.1, -0.05) is 18.2 Å². The number of hydrogen-bond donors (Lipinski definition) is 1. The summed E-state index contributed by atoms with van der Waals surface area (Å²) in [5, 5.41) is 9.58. The lowest BCUT2D eigenvalue weighted by molar-refractivity contribution is 0.0799. The van der Waals surface area contributed by atoms with E-state index in [1.54, 1.807) is 4.90 Å². The lowest BCUT2D eigenvalue weighted by Gasteiger charge is -2.45. The number of benzene rings is 2. The normalized spacial score (nSPS) is 26.2. The molecule has 0 aliphatic carbocycles. The summed E-state index contributed by atoms with van der Waals surface area (Å²) in [6.45, 7) is 4.61. The quantitative estimate of drug-likeness (QED) is 0.493. The average Bonchev–Trinajstić information content (AvgIpc) is 3.60.